The topological polar surface area (TPSA) is 60.1 Å². The van der Waals surface area contributed by atoms with Crippen molar-refractivity contribution in [3.63, 3.8) is 0 Å². The zero-order valence-corrected chi connectivity index (χ0v) is 15.4. The Hall–Kier alpha value is -2.58. The van der Waals surface area contributed by atoms with Crippen LogP contribution in [0.25, 0.3) is 0 Å². The van der Waals surface area contributed by atoms with Crippen LogP contribution in [-0.2, 0) is 13.2 Å². The molecule has 4 rings (SSSR count). The fourth-order valence-corrected chi connectivity index (χ4v) is 3.78. The first kappa shape index (κ1) is 18.8. The molecular weight excluding hydrogens is 373 g/mol. The number of amides is 1. The highest BCUT2D eigenvalue weighted by molar-refractivity contribution is 5.94. The van der Waals surface area contributed by atoms with E-state index in [0.29, 0.717) is 25.9 Å². The summed E-state index contributed by atoms with van der Waals surface area (Å²) < 4.78 is 41.2. The Bertz CT molecular complexity index is 934. The molecule has 2 aliphatic rings. The predicted octanol–water partition coefficient (Wildman–Crippen LogP) is 2.96. The third kappa shape index (κ3) is 3.45. The first-order valence-corrected chi connectivity index (χ1v) is 9.37. The minimum atomic E-state index is -4.42. The summed E-state index contributed by atoms with van der Waals surface area (Å²) in [5.74, 6) is 0.621. The molecule has 1 aliphatic carbocycles. The van der Waals surface area contributed by atoms with Crippen LogP contribution in [0.3, 0.4) is 0 Å². The van der Waals surface area contributed by atoms with Crippen LogP contribution >= 0.6 is 0 Å². The second-order valence-corrected chi connectivity index (χ2v) is 7.51. The summed E-state index contributed by atoms with van der Waals surface area (Å²) in [6.07, 6.45) is -1.08. The summed E-state index contributed by atoms with van der Waals surface area (Å²) in [5.41, 5.74) is -0.615. The summed E-state index contributed by atoms with van der Waals surface area (Å²) in [6, 6.07) is 4.55. The van der Waals surface area contributed by atoms with Gasteiger partial charge in [-0.2, -0.15) is 18.3 Å². The van der Waals surface area contributed by atoms with Gasteiger partial charge in [-0.05, 0) is 49.9 Å². The average molecular weight is 394 g/mol. The molecule has 28 heavy (non-hydrogen) atoms. The number of hydrogen-bond acceptors (Lipinski definition) is 3. The van der Waals surface area contributed by atoms with Gasteiger partial charge in [0.25, 0.3) is 5.91 Å². The van der Waals surface area contributed by atoms with Gasteiger partial charge in [0.1, 0.15) is 5.82 Å². The molecule has 1 aromatic heterocycles. The summed E-state index contributed by atoms with van der Waals surface area (Å²) in [7, 11) is 1.65. The second-order valence-electron chi connectivity index (χ2n) is 7.51. The molecule has 1 aromatic carbocycles. The van der Waals surface area contributed by atoms with Crippen LogP contribution < -0.4 is 5.69 Å². The monoisotopic (exact) mass is 394 g/mol. The number of hydrogen-bond donors (Lipinski definition) is 0. The number of rotatable bonds is 3. The molecule has 0 unspecified atom stereocenters. The normalized spacial score (nSPS) is 18.5. The van der Waals surface area contributed by atoms with Crippen molar-refractivity contribution in [2.75, 3.05) is 13.1 Å². The number of alkyl halides is 3. The number of aromatic nitrogens is 3. The van der Waals surface area contributed by atoms with E-state index in [-0.39, 0.29) is 29.1 Å². The van der Waals surface area contributed by atoms with Crippen LogP contribution in [0.1, 0.15) is 59.4 Å². The van der Waals surface area contributed by atoms with Crippen molar-refractivity contribution in [1.29, 1.82) is 0 Å². The van der Waals surface area contributed by atoms with Gasteiger partial charge in [-0.3, -0.25) is 9.36 Å². The highest BCUT2D eigenvalue weighted by atomic mass is 19.4. The maximum atomic E-state index is 12.7. The lowest BCUT2D eigenvalue weighted by Gasteiger charge is -2.31. The van der Waals surface area contributed by atoms with Crippen molar-refractivity contribution >= 4 is 5.91 Å². The third-order valence-corrected chi connectivity index (χ3v) is 5.50. The van der Waals surface area contributed by atoms with E-state index in [1.54, 1.807) is 16.5 Å². The molecule has 0 N–H and O–H groups in total. The molecular formula is C19H21F3N4O2. The van der Waals surface area contributed by atoms with E-state index >= 15 is 0 Å². The van der Waals surface area contributed by atoms with Crippen molar-refractivity contribution in [3.05, 3.63) is 51.7 Å². The Labute approximate surface area is 159 Å². The minimum absolute atomic E-state index is 0.0965. The summed E-state index contributed by atoms with van der Waals surface area (Å²) >= 11 is 0. The molecule has 1 aliphatic heterocycles. The van der Waals surface area contributed by atoms with E-state index in [1.165, 1.54) is 16.8 Å². The Morgan fingerprint density at radius 1 is 1.07 bits per heavy atom. The first-order valence-electron chi connectivity index (χ1n) is 9.37. The lowest BCUT2D eigenvalue weighted by atomic mass is 9.95. The SMILES string of the molecule is Cn1nc(C2CCN(C(=O)c3ccc(C(F)(F)F)cc3)CC2)n(C2CC2)c1=O. The van der Waals surface area contributed by atoms with Crippen molar-refractivity contribution in [3.8, 4) is 0 Å². The number of likely N-dealkylation sites (tertiary alicyclic amines) is 1. The van der Waals surface area contributed by atoms with Gasteiger partial charge in [0.2, 0.25) is 0 Å². The van der Waals surface area contributed by atoms with Gasteiger partial charge >= 0.3 is 11.9 Å². The van der Waals surface area contributed by atoms with Crippen molar-refractivity contribution in [1.82, 2.24) is 19.2 Å². The van der Waals surface area contributed by atoms with E-state index < -0.39 is 11.7 Å². The second kappa shape index (κ2) is 6.79. The summed E-state index contributed by atoms with van der Waals surface area (Å²) in [4.78, 5) is 26.6. The number of aryl methyl sites for hydroxylation is 1. The maximum absolute atomic E-state index is 12.7. The van der Waals surface area contributed by atoms with E-state index in [1.807, 2.05) is 0 Å². The van der Waals surface area contributed by atoms with Crippen molar-refractivity contribution < 1.29 is 18.0 Å². The number of carbonyl (C=O) groups is 1. The van der Waals surface area contributed by atoms with Crippen LogP contribution in [0.15, 0.2) is 29.1 Å². The van der Waals surface area contributed by atoms with Crippen LogP contribution in [0.4, 0.5) is 13.2 Å². The predicted molar refractivity (Wildman–Crippen MR) is 95.1 cm³/mol. The largest absolute Gasteiger partial charge is 0.416 e. The van der Waals surface area contributed by atoms with Gasteiger partial charge in [0.05, 0.1) is 5.56 Å². The molecule has 9 heteroatoms. The van der Waals surface area contributed by atoms with Crippen molar-refractivity contribution in [2.24, 2.45) is 7.05 Å². The smallest absolute Gasteiger partial charge is 0.339 e. The number of benzene rings is 1. The van der Waals surface area contributed by atoms with Gasteiger partial charge in [0.15, 0.2) is 0 Å². The Morgan fingerprint density at radius 3 is 2.21 bits per heavy atom. The number of piperidine rings is 1. The van der Waals surface area contributed by atoms with E-state index in [0.717, 1.165) is 30.8 Å². The van der Waals surface area contributed by atoms with Crippen LogP contribution in [0.5, 0.6) is 0 Å². The van der Waals surface area contributed by atoms with E-state index in [2.05, 4.69) is 5.10 Å². The maximum Gasteiger partial charge on any atom is 0.416 e. The molecule has 2 heterocycles. The van der Waals surface area contributed by atoms with E-state index in [9.17, 15) is 22.8 Å². The van der Waals surface area contributed by atoms with Gasteiger partial charge < -0.3 is 4.90 Å². The lowest BCUT2D eigenvalue weighted by Crippen LogP contribution is -2.38. The standard InChI is InChI=1S/C19H21F3N4O2/c1-24-18(28)26(15-6-7-15)16(23-24)12-8-10-25(11-9-12)17(27)13-2-4-14(5-3-13)19(20,21)22/h2-5,12,15H,6-11H2,1H3. The molecule has 150 valence electrons. The third-order valence-electron chi connectivity index (χ3n) is 5.50. The molecule has 6 nitrogen and oxygen atoms in total. The van der Waals surface area contributed by atoms with Gasteiger partial charge in [-0.1, -0.05) is 0 Å². The fourth-order valence-electron chi connectivity index (χ4n) is 3.78. The average Bonchev–Trinajstić information content (AvgIpc) is 3.47. The Balaban J connectivity index is 1.44. The Kier molecular flexibility index (Phi) is 4.55. The molecule has 1 saturated carbocycles. The molecule has 1 amide bonds. The summed E-state index contributed by atoms with van der Waals surface area (Å²) in [6.45, 7) is 0.972. The fraction of sp³-hybridized carbons (Fsp3) is 0.526. The molecule has 1 saturated heterocycles. The van der Waals surface area contributed by atoms with Crippen molar-refractivity contribution in [2.45, 2.75) is 43.8 Å². The molecule has 0 bridgehead atoms. The van der Waals surface area contributed by atoms with E-state index in [4.69, 9.17) is 0 Å². The zero-order valence-electron chi connectivity index (χ0n) is 15.4. The highest BCUT2D eigenvalue weighted by Gasteiger charge is 2.35. The van der Waals surface area contributed by atoms with Crippen LogP contribution in [0, 0.1) is 0 Å². The van der Waals surface area contributed by atoms with Gasteiger partial charge in [-0.25, -0.2) is 9.48 Å². The van der Waals surface area contributed by atoms with Gasteiger partial charge in [0, 0.05) is 37.7 Å². The lowest BCUT2D eigenvalue weighted by molar-refractivity contribution is -0.137. The number of halogens is 3. The highest BCUT2D eigenvalue weighted by Crippen LogP contribution is 2.37. The quantitative estimate of drug-likeness (QED) is 0.804. The van der Waals surface area contributed by atoms with Crippen LogP contribution in [-0.4, -0.2) is 38.2 Å². The molecule has 2 aromatic rings. The minimum Gasteiger partial charge on any atom is -0.339 e. The molecule has 0 atom stereocenters. The van der Waals surface area contributed by atoms with Crippen LogP contribution in [0.2, 0.25) is 0 Å². The summed E-state index contributed by atoms with van der Waals surface area (Å²) in [5, 5.41) is 4.41. The Morgan fingerprint density at radius 2 is 1.68 bits per heavy atom. The van der Waals surface area contributed by atoms with Gasteiger partial charge in [-0.15, -0.1) is 0 Å². The number of nitrogens with zero attached hydrogens (tertiary/aromatic N) is 4. The zero-order chi connectivity index (χ0) is 20.1. The number of carbonyl (C=O) groups excluding carboxylic acids is 1. The molecule has 0 spiro atoms. The molecule has 2 fully saturated rings. The molecule has 0 radical (unpaired) electrons. The first-order chi connectivity index (χ1) is 13.3.